The lowest BCUT2D eigenvalue weighted by atomic mass is 10.2. The third-order valence-corrected chi connectivity index (χ3v) is 4.89. The second kappa shape index (κ2) is 7.52. The lowest BCUT2D eigenvalue weighted by Crippen LogP contribution is -2.08. The van der Waals surface area contributed by atoms with E-state index in [4.69, 9.17) is 10.3 Å². The van der Waals surface area contributed by atoms with Gasteiger partial charge in [0.1, 0.15) is 11.6 Å². The van der Waals surface area contributed by atoms with Crippen LogP contribution in [0.15, 0.2) is 34.9 Å². The van der Waals surface area contributed by atoms with E-state index < -0.39 is 0 Å². The van der Waals surface area contributed by atoms with Crippen LogP contribution in [0.25, 0.3) is 0 Å². The van der Waals surface area contributed by atoms with Gasteiger partial charge in [0, 0.05) is 17.0 Å². The number of nitrogen functional groups attached to an aromatic ring is 1. The van der Waals surface area contributed by atoms with Crippen LogP contribution >= 0.6 is 11.8 Å². The number of aryl methyl sites for hydroxylation is 2. The molecular formula is C17H20N6OS. The Balaban J connectivity index is 1.73. The van der Waals surface area contributed by atoms with E-state index in [1.807, 2.05) is 51.1 Å². The first-order chi connectivity index (χ1) is 12.0. The zero-order valence-electron chi connectivity index (χ0n) is 14.4. The number of nitrogens with zero attached hydrogens (tertiary/aromatic N) is 4. The van der Waals surface area contributed by atoms with Gasteiger partial charge in [-0.25, -0.2) is 0 Å². The summed E-state index contributed by atoms with van der Waals surface area (Å²) in [4.78, 5) is 12.9. The fourth-order valence-corrected chi connectivity index (χ4v) is 3.37. The van der Waals surface area contributed by atoms with Crippen LogP contribution in [0.1, 0.15) is 35.0 Å². The van der Waals surface area contributed by atoms with Crippen LogP contribution in [-0.2, 0) is 5.75 Å². The average molecular weight is 356 g/mol. The normalized spacial score (nSPS) is 12.1. The molecule has 0 aliphatic carbocycles. The predicted octanol–water partition coefficient (Wildman–Crippen LogP) is 3.80. The number of hydrogen-bond acceptors (Lipinski definition) is 8. The summed E-state index contributed by atoms with van der Waals surface area (Å²) in [6.45, 7) is 5.91. The highest BCUT2D eigenvalue weighted by Gasteiger charge is 2.16. The van der Waals surface area contributed by atoms with Crippen LogP contribution in [0.4, 0.5) is 17.6 Å². The fraction of sp³-hybridized carbons (Fsp3) is 0.294. The highest BCUT2D eigenvalue weighted by Crippen LogP contribution is 2.31. The van der Waals surface area contributed by atoms with Gasteiger partial charge in [-0.15, -0.1) is 11.8 Å². The van der Waals surface area contributed by atoms with Crippen molar-refractivity contribution in [3.8, 4) is 0 Å². The monoisotopic (exact) mass is 356 g/mol. The second-order valence-electron chi connectivity index (χ2n) is 5.62. The van der Waals surface area contributed by atoms with Crippen molar-refractivity contribution in [3.63, 3.8) is 0 Å². The summed E-state index contributed by atoms with van der Waals surface area (Å²) in [5.74, 6) is 2.91. The molecule has 1 atom stereocenters. The standard InChI is InChI=1S/C17H20N6OS/c1-10-14(11(2)24-23-10)9-25-12(3)15-20-16(18)22-17(21-15)19-13-7-5-4-6-8-13/h4-8,12H,9H2,1-3H3,(H3,18,19,20,21,22)/t12-/m1/s1. The molecule has 0 amide bonds. The topological polar surface area (TPSA) is 103 Å². The van der Waals surface area contributed by atoms with Gasteiger partial charge in [-0.2, -0.15) is 15.0 Å². The van der Waals surface area contributed by atoms with Crippen LogP contribution in [0, 0.1) is 13.8 Å². The lowest BCUT2D eigenvalue weighted by molar-refractivity contribution is 0.392. The number of rotatable bonds is 6. The molecule has 3 aromatic rings. The molecular weight excluding hydrogens is 336 g/mol. The first-order valence-corrected chi connectivity index (χ1v) is 8.94. The van der Waals surface area contributed by atoms with E-state index in [9.17, 15) is 0 Å². The van der Waals surface area contributed by atoms with Crippen LogP contribution < -0.4 is 11.1 Å². The third-order valence-electron chi connectivity index (χ3n) is 3.72. The van der Waals surface area contributed by atoms with Crippen molar-refractivity contribution in [2.75, 3.05) is 11.1 Å². The molecule has 0 saturated heterocycles. The molecule has 7 nitrogen and oxygen atoms in total. The molecule has 0 aliphatic heterocycles. The third kappa shape index (κ3) is 4.27. The van der Waals surface area contributed by atoms with E-state index in [-0.39, 0.29) is 11.2 Å². The minimum Gasteiger partial charge on any atom is -0.368 e. The van der Waals surface area contributed by atoms with Crippen molar-refractivity contribution in [1.82, 2.24) is 20.1 Å². The Labute approximate surface area is 150 Å². The summed E-state index contributed by atoms with van der Waals surface area (Å²) < 4.78 is 5.20. The zero-order valence-corrected chi connectivity index (χ0v) is 15.2. The Morgan fingerprint density at radius 3 is 2.60 bits per heavy atom. The average Bonchev–Trinajstić information content (AvgIpc) is 2.91. The van der Waals surface area contributed by atoms with Crippen molar-refractivity contribution in [1.29, 1.82) is 0 Å². The number of nitrogens with two attached hydrogens (primary N) is 1. The molecule has 0 bridgehead atoms. The maximum Gasteiger partial charge on any atom is 0.232 e. The number of hydrogen-bond donors (Lipinski definition) is 2. The van der Waals surface area contributed by atoms with Gasteiger partial charge in [0.15, 0.2) is 0 Å². The number of aromatic nitrogens is 4. The summed E-state index contributed by atoms with van der Waals surface area (Å²) in [7, 11) is 0. The van der Waals surface area contributed by atoms with Crippen molar-refractivity contribution in [2.24, 2.45) is 0 Å². The van der Waals surface area contributed by atoms with Gasteiger partial charge in [-0.1, -0.05) is 23.4 Å². The van der Waals surface area contributed by atoms with Crippen LogP contribution in [-0.4, -0.2) is 20.1 Å². The summed E-state index contributed by atoms with van der Waals surface area (Å²) in [6, 6.07) is 9.71. The van der Waals surface area contributed by atoms with Crippen molar-refractivity contribution >= 4 is 29.3 Å². The number of anilines is 3. The van der Waals surface area contributed by atoms with Gasteiger partial charge >= 0.3 is 0 Å². The fourth-order valence-electron chi connectivity index (χ4n) is 2.29. The molecule has 0 aliphatic rings. The number of nitrogens with one attached hydrogen (secondary N) is 1. The summed E-state index contributed by atoms with van der Waals surface area (Å²) in [5, 5.41) is 7.18. The van der Waals surface area contributed by atoms with E-state index in [2.05, 4.69) is 25.4 Å². The van der Waals surface area contributed by atoms with Gasteiger partial charge in [0.05, 0.1) is 10.9 Å². The zero-order chi connectivity index (χ0) is 17.8. The van der Waals surface area contributed by atoms with Crippen LogP contribution in [0.3, 0.4) is 0 Å². The second-order valence-corrected chi connectivity index (χ2v) is 6.95. The SMILES string of the molecule is Cc1noc(C)c1CS[C@H](C)c1nc(N)nc(Nc2ccccc2)n1. The molecule has 3 rings (SSSR count). The molecule has 0 fully saturated rings. The largest absolute Gasteiger partial charge is 0.368 e. The first-order valence-electron chi connectivity index (χ1n) is 7.90. The number of para-hydroxylation sites is 1. The highest BCUT2D eigenvalue weighted by molar-refractivity contribution is 7.98. The quantitative estimate of drug-likeness (QED) is 0.687. The van der Waals surface area contributed by atoms with E-state index in [1.54, 1.807) is 11.8 Å². The van der Waals surface area contributed by atoms with Gasteiger partial charge in [-0.05, 0) is 32.9 Å². The molecule has 0 unspecified atom stereocenters. The van der Waals surface area contributed by atoms with E-state index >= 15 is 0 Å². The van der Waals surface area contributed by atoms with Crippen molar-refractivity contribution in [2.45, 2.75) is 31.8 Å². The molecule has 0 saturated carbocycles. The summed E-state index contributed by atoms with van der Waals surface area (Å²) >= 11 is 1.70. The summed E-state index contributed by atoms with van der Waals surface area (Å²) in [5.41, 5.74) is 8.78. The number of benzene rings is 1. The van der Waals surface area contributed by atoms with Crippen molar-refractivity contribution in [3.05, 3.63) is 53.2 Å². The molecule has 130 valence electrons. The molecule has 2 heterocycles. The smallest absolute Gasteiger partial charge is 0.232 e. The van der Waals surface area contributed by atoms with E-state index in [0.717, 1.165) is 28.5 Å². The van der Waals surface area contributed by atoms with Crippen molar-refractivity contribution < 1.29 is 4.52 Å². The van der Waals surface area contributed by atoms with Gasteiger partial charge in [0.25, 0.3) is 0 Å². The maximum absolute atomic E-state index is 5.85. The van der Waals surface area contributed by atoms with Gasteiger partial charge < -0.3 is 15.6 Å². The predicted molar refractivity (Wildman–Crippen MR) is 99.7 cm³/mol. The Morgan fingerprint density at radius 2 is 1.92 bits per heavy atom. The highest BCUT2D eigenvalue weighted by atomic mass is 32.2. The molecule has 25 heavy (non-hydrogen) atoms. The maximum atomic E-state index is 5.85. The van der Waals surface area contributed by atoms with Gasteiger partial charge in [0.2, 0.25) is 11.9 Å². The minimum atomic E-state index is 0.0512. The Hall–Kier alpha value is -2.61. The Kier molecular flexibility index (Phi) is 5.18. The molecule has 2 aromatic heterocycles. The minimum absolute atomic E-state index is 0.0512. The molecule has 3 N–H and O–H groups in total. The summed E-state index contributed by atoms with van der Waals surface area (Å²) in [6.07, 6.45) is 0. The van der Waals surface area contributed by atoms with Crippen LogP contribution in [0.2, 0.25) is 0 Å². The molecule has 0 radical (unpaired) electrons. The van der Waals surface area contributed by atoms with Gasteiger partial charge in [-0.3, -0.25) is 0 Å². The van der Waals surface area contributed by atoms with E-state index in [0.29, 0.717) is 11.8 Å². The Bertz CT molecular complexity index is 832. The van der Waals surface area contributed by atoms with E-state index in [1.165, 1.54) is 0 Å². The van der Waals surface area contributed by atoms with Crippen LogP contribution in [0.5, 0.6) is 0 Å². The molecule has 1 aromatic carbocycles. The first kappa shape index (κ1) is 17.2. The Morgan fingerprint density at radius 1 is 1.16 bits per heavy atom. The molecule has 0 spiro atoms. The number of thioether (sulfide) groups is 1. The lowest BCUT2D eigenvalue weighted by Gasteiger charge is -2.12. The molecule has 8 heteroatoms.